The summed E-state index contributed by atoms with van der Waals surface area (Å²) < 4.78 is 5.85. The predicted octanol–water partition coefficient (Wildman–Crippen LogP) is 2.25. The lowest BCUT2D eigenvalue weighted by Gasteiger charge is -2.27. The number of nitrogens with one attached hydrogen (secondary N) is 1. The highest BCUT2D eigenvalue weighted by Gasteiger charge is 2.26. The van der Waals surface area contributed by atoms with Crippen LogP contribution in [-0.2, 0) is 9.53 Å². The molecule has 2 N–H and O–H groups in total. The van der Waals surface area contributed by atoms with E-state index in [9.17, 15) is 9.90 Å². The van der Waals surface area contributed by atoms with E-state index in [0.717, 1.165) is 12.8 Å². The lowest BCUT2D eigenvalue weighted by atomic mass is 9.89. The average molecular weight is 271 g/mol. The second-order valence-corrected chi connectivity index (χ2v) is 6.57. The lowest BCUT2D eigenvalue weighted by molar-refractivity contribution is -0.137. The van der Waals surface area contributed by atoms with Crippen LogP contribution in [0.4, 0.5) is 0 Å². The summed E-state index contributed by atoms with van der Waals surface area (Å²) in [7, 11) is 0. The Kier molecular flexibility index (Phi) is 6.27. The van der Waals surface area contributed by atoms with Crippen molar-refractivity contribution in [3.63, 3.8) is 0 Å². The lowest BCUT2D eigenvalue weighted by Crippen LogP contribution is -2.44. The molecule has 0 heterocycles. The molecule has 19 heavy (non-hydrogen) atoms. The summed E-state index contributed by atoms with van der Waals surface area (Å²) in [5.74, 6) is -0.0994. The zero-order chi connectivity index (χ0) is 14.5. The molecule has 4 nitrogen and oxygen atoms in total. The Morgan fingerprint density at radius 2 is 1.95 bits per heavy atom. The fourth-order valence-electron chi connectivity index (χ4n) is 2.22. The van der Waals surface area contributed by atoms with Crippen LogP contribution in [0.5, 0.6) is 0 Å². The van der Waals surface area contributed by atoms with Crippen molar-refractivity contribution in [2.24, 2.45) is 5.41 Å². The predicted molar refractivity (Wildman–Crippen MR) is 75.9 cm³/mol. The van der Waals surface area contributed by atoms with Crippen LogP contribution in [-0.4, -0.2) is 35.9 Å². The van der Waals surface area contributed by atoms with Gasteiger partial charge in [0.05, 0.1) is 12.2 Å². The molecule has 0 aromatic rings. The molecule has 2 atom stereocenters. The van der Waals surface area contributed by atoms with Gasteiger partial charge in [0, 0.05) is 6.54 Å². The summed E-state index contributed by atoms with van der Waals surface area (Å²) in [5.41, 5.74) is -0.221. The third-order valence-electron chi connectivity index (χ3n) is 3.79. The van der Waals surface area contributed by atoms with Crippen molar-refractivity contribution < 1.29 is 14.6 Å². The normalized spacial score (nSPS) is 20.3. The molecule has 0 bridgehead atoms. The molecular formula is C15H29NO3. The van der Waals surface area contributed by atoms with Crippen LogP contribution in [0.15, 0.2) is 0 Å². The van der Waals surface area contributed by atoms with Crippen molar-refractivity contribution in [1.82, 2.24) is 5.32 Å². The number of carbonyl (C=O) groups is 1. The maximum Gasteiger partial charge on any atom is 0.249 e. The zero-order valence-electron chi connectivity index (χ0n) is 12.7. The first kappa shape index (κ1) is 16.4. The number of hydrogen-bond acceptors (Lipinski definition) is 3. The van der Waals surface area contributed by atoms with Crippen molar-refractivity contribution >= 4 is 5.91 Å². The SMILES string of the molecule is CCC(OC1CCCC1)C(=O)NCC(O)C(C)(C)C. The molecule has 1 aliphatic carbocycles. The number of amides is 1. The van der Waals surface area contributed by atoms with E-state index in [4.69, 9.17) is 4.74 Å². The first-order valence-electron chi connectivity index (χ1n) is 7.45. The zero-order valence-corrected chi connectivity index (χ0v) is 12.7. The largest absolute Gasteiger partial charge is 0.391 e. The van der Waals surface area contributed by atoms with E-state index in [1.54, 1.807) is 0 Å². The standard InChI is InChI=1S/C15H29NO3/c1-5-12(19-11-8-6-7-9-11)14(18)16-10-13(17)15(2,3)4/h11-13,17H,5-10H2,1-4H3,(H,16,18). The monoisotopic (exact) mass is 271 g/mol. The Morgan fingerprint density at radius 3 is 2.42 bits per heavy atom. The van der Waals surface area contributed by atoms with E-state index >= 15 is 0 Å². The molecular weight excluding hydrogens is 242 g/mol. The van der Waals surface area contributed by atoms with E-state index in [2.05, 4.69) is 5.32 Å². The quantitative estimate of drug-likeness (QED) is 0.779. The molecule has 0 saturated heterocycles. The fraction of sp³-hybridized carbons (Fsp3) is 0.933. The second-order valence-electron chi connectivity index (χ2n) is 6.57. The van der Waals surface area contributed by atoms with Gasteiger partial charge in [-0.1, -0.05) is 40.5 Å². The third-order valence-corrected chi connectivity index (χ3v) is 3.79. The van der Waals surface area contributed by atoms with Gasteiger partial charge in [-0.25, -0.2) is 0 Å². The number of ether oxygens (including phenoxy) is 1. The topological polar surface area (TPSA) is 58.6 Å². The van der Waals surface area contributed by atoms with Crippen LogP contribution >= 0.6 is 0 Å². The van der Waals surface area contributed by atoms with Gasteiger partial charge in [-0.15, -0.1) is 0 Å². The first-order chi connectivity index (χ1) is 8.84. The number of carbonyl (C=O) groups excluding carboxylic acids is 1. The van der Waals surface area contributed by atoms with Crippen molar-refractivity contribution in [1.29, 1.82) is 0 Å². The van der Waals surface area contributed by atoms with Crippen LogP contribution in [0.25, 0.3) is 0 Å². The molecule has 1 fully saturated rings. The molecule has 4 heteroatoms. The summed E-state index contributed by atoms with van der Waals surface area (Å²) >= 11 is 0. The maximum atomic E-state index is 12.0. The molecule has 1 saturated carbocycles. The van der Waals surface area contributed by atoms with Gasteiger partial charge >= 0.3 is 0 Å². The van der Waals surface area contributed by atoms with E-state index in [0.29, 0.717) is 6.42 Å². The van der Waals surface area contributed by atoms with Gasteiger partial charge in [-0.2, -0.15) is 0 Å². The Bertz CT molecular complexity index is 280. The summed E-state index contributed by atoms with van der Waals surface area (Å²) in [5, 5.41) is 12.7. The molecule has 1 aliphatic rings. The highest BCUT2D eigenvalue weighted by Crippen LogP contribution is 2.23. The van der Waals surface area contributed by atoms with Gasteiger partial charge in [-0.3, -0.25) is 4.79 Å². The minimum atomic E-state index is -0.541. The van der Waals surface area contributed by atoms with E-state index in [-0.39, 0.29) is 30.1 Å². The Balaban J connectivity index is 2.36. The van der Waals surface area contributed by atoms with Crippen molar-refractivity contribution in [3.8, 4) is 0 Å². The van der Waals surface area contributed by atoms with Gasteiger partial charge in [0.15, 0.2) is 0 Å². The van der Waals surface area contributed by atoms with Crippen LogP contribution < -0.4 is 5.32 Å². The molecule has 0 radical (unpaired) electrons. The van der Waals surface area contributed by atoms with Gasteiger partial charge in [0.2, 0.25) is 5.91 Å². The summed E-state index contributed by atoms with van der Waals surface area (Å²) in [6, 6.07) is 0. The molecule has 112 valence electrons. The van der Waals surface area contributed by atoms with Gasteiger partial charge < -0.3 is 15.2 Å². The summed E-state index contributed by atoms with van der Waals surface area (Å²) in [6.07, 6.45) is 4.52. The summed E-state index contributed by atoms with van der Waals surface area (Å²) in [4.78, 5) is 12.0. The van der Waals surface area contributed by atoms with Crippen LogP contribution in [0.2, 0.25) is 0 Å². The fourth-order valence-corrected chi connectivity index (χ4v) is 2.22. The number of rotatable bonds is 6. The molecule has 1 amide bonds. The van der Waals surface area contributed by atoms with Crippen LogP contribution in [0.1, 0.15) is 59.8 Å². The van der Waals surface area contributed by atoms with Crippen LogP contribution in [0, 0.1) is 5.41 Å². The molecule has 1 rings (SSSR count). The van der Waals surface area contributed by atoms with E-state index in [1.165, 1.54) is 12.8 Å². The molecule has 2 unspecified atom stereocenters. The molecule has 0 spiro atoms. The van der Waals surface area contributed by atoms with Gasteiger partial charge in [0.25, 0.3) is 0 Å². The highest BCUT2D eigenvalue weighted by atomic mass is 16.5. The highest BCUT2D eigenvalue weighted by molar-refractivity contribution is 5.80. The molecule has 0 aromatic heterocycles. The van der Waals surface area contributed by atoms with Crippen molar-refractivity contribution in [3.05, 3.63) is 0 Å². The minimum Gasteiger partial charge on any atom is -0.391 e. The number of aliphatic hydroxyl groups is 1. The minimum absolute atomic E-state index is 0.0994. The Labute approximate surface area is 116 Å². The van der Waals surface area contributed by atoms with Crippen molar-refractivity contribution in [2.75, 3.05) is 6.54 Å². The van der Waals surface area contributed by atoms with Gasteiger partial charge in [0.1, 0.15) is 6.10 Å². The third kappa shape index (κ3) is 5.49. The summed E-state index contributed by atoms with van der Waals surface area (Å²) in [6.45, 7) is 8.11. The smallest absolute Gasteiger partial charge is 0.249 e. The molecule has 0 aromatic carbocycles. The van der Waals surface area contributed by atoms with Gasteiger partial charge in [-0.05, 0) is 24.7 Å². The average Bonchev–Trinajstić information content (AvgIpc) is 2.84. The molecule has 0 aliphatic heterocycles. The van der Waals surface area contributed by atoms with Crippen LogP contribution in [0.3, 0.4) is 0 Å². The second kappa shape index (κ2) is 7.25. The maximum absolute atomic E-state index is 12.0. The first-order valence-corrected chi connectivity index (χ1v) is 7.45. The number of hydrogen-bond donors (Lipinski definition) is 2. The van der Waals surface area contributed by atoms with E-state index < -0.39 is 6.10 Å². The Morgan fingerprint density at radius 1 is 1.37 bits per heavy atom. The van der Waals surface area contributed by atoms with E-state index in [1.807, 2.05) is 27.7 Å². The Hall–Kier alpha value is -0.610. The number of aliphatic hydroxyl groups excluding tert-OH is 1. The van der Waals surface area contributed by atoms with Crippen molar-refractivity contribution in [2.45, 2.75) is 78.1 Å².